The van der Waals surface area contributed by atoms with E-state index >= 15 is 0 Å². The largest absolute Gasteiger partial charge is 0.395 e. The summed E-state index contributed by atoms with van der Waals surface area (Å²) in [6.07, 6.45) is 2.83. The van der Waals surface area contributed by atoms with Crippen LogP contribution in [0.2, 0.25) is 5.02 Å². The number of benzene rings is 1. The van der Waals surface area contributed by atoms with Gasteiger partial charge in [0.15, 0.2) is 0 Å². The first-order valence-corrected chi connectivity index (χ1v) is 8.43. The summed E-state index contributed by atoms with van der Waals surface area (Å²) in [5.74, 6) is 0.450. The normalized spacial score (nSPS) is 24.0. The maximum atomic E-state index is 12.2. The summed E-state index contributed by atoms with van der Waals surface area (Å²) in [6, 6.07) is 7.68. The molecule has 0 aliphatic heterocycles. The summed E-state index contributed by atoms with van der Waals surface area (Å²) in [4.78, 5) is 12.2. The fourth-order valence-electron chi connectivity index (χ4n) is 2.42. The highest BCUT2D eigenvalue weighted by Gasteiger charge is 2.44. The second-order valence-electron chi connectivity index (χ2n) is 5.25. The Morgan fingerprint density at radius 2 is 2.15 bits per heavy atom. The molecular weight excluding hydrogens is 294 g/mol. The van der Waals surface area contributed by atoms with Crippen LogP contribution >= 0.6 is 23.4 Å². The van der Waals surface area contributed by atoms with Crippen molar-refractivity contribution in [2.45, 2.75) is 30.6 Å². The number of carbonyl (C=O) groups is 1. The van der Waals surface area contributed by atoms with Crippen molar-refractivity contribution in [3.63, 3.8) is 0 Å². The SMILES string of the molecule is CSC(CO)C(C)NC(=O)C1CC1c1ccc(Cl)cc1. The molecule has 2 N–H and O–H groups in total. The lowest BCUT2D eigenvalue weighted by Gasteiger charge is -2.21. The smallest absolute Gasteiger partial charge is 0.223 e. The predicted molar refractivity (Wildman–Crippen MR) is 84.3 cm³/mol. The Bertz CT molecular complexity index is 461. The first-order valence-electron chi connectivity index (χ1n) is 6.76. The molecule has 5 heteroatoms. The zero-order valence-corrected chi connectivity index (χ0v) is 13.2. The average molecular weight is 314 g/mol. The molecule has 0 aromatic heterocycles. The lowest BCUT2D eigenvalue weighted by Crippen LogP contribution is -2.42. The van der Waals surface area contributed by atoms with Crippen molar-refractivity contribution >= 4 is 29.3 Å². The van der Waals surface area contributed by atoms with Crippen molar-refractivity contribution in [2.24, 2.45) is 5.92 Å². The molecule has 1 aromatic carbocycles. The molecule has 20 heavy (non-hydrogen) atoms. The van der Waals surface area contributed by atoms with Crippen LogP contribution < -0.4 is 5.32 Å². The molecule has 0 saturated heterocycles. The van der Waals surface area contributed by atoms with Crippen LogP contribution in [0.25, 0.3) is 0 Å². The molecule has 1 fully saturated rings. The maximum Gasteiger partial charge on any atom is 0.223 e. The number of nitrogens with one attached hydrogen (secondary N) is 1. The highest BCUT2D eigenvalue weighted by molar-refractivity contribution is 7.99. The van der Waals surface area contributed by atoms with Crippen LogP contribution in [0, 0.1) is 5.92 Å². The number of amides is 1. The molecule has 110 valence electrons. The standard InChI is InChI=1S/C15H20ClNO2S/c1-9(14(8-18)20-2)17-15(19)13-7-12(13)10-3-5-11(16)6-4-10/h3-6,9,12-14,18H,7-8H2,1-2H3,(H,17,19). The predicted octanol–water partition coefficient (Wildman–Crippen LogP) is 2.67. The van der Waals surface area contributed by atoms with Gasteiger partial charge in [-0.2, -0.15) is 11.8 Å². The van der Waals surface area contributed by atoms with Gasteiger partial charge in [-0.25, -0.2) is 0 Å². The Balaban J connectivity index is 1.88. The van der Waals surface area contributed by atoms with Gasteiger partial charge in [-0.15, -0.1) is 0 Å². The lowest BCUT2D eigenvalue weighted by molar-refractivity contribution is -0.123. The van der Waals surface area contributed by atoms with Gasteiger partial charge >= 0.3 is 0 Å². The Hall–Kier alpha value is -0.710. The van der Waals surface area contributed by atoms with E-state index in [4.69, 9.17) is 11.6 Å². The van der Waals surface area contributed by atoms with Crippen molar-refractivity contribution in [3.8, 4) is 0 Å². The van der Waals surface area contributed by atoms with Crippen molar-refractivity contribution in [3.05, 3.63) is 34.9 Å². The van der Waals surface area contributed by atoms with E-state index < -0.39 is 0 Å². The molecule has 0 bridgehead atoms. The molecular formula is C15H20ClNO2S. The number of aliphatic hydroxyl groups excluding tert-OH is 1. The van der Waals surface area contributed by atoms with Gasteiger partial charge in [0.25, 0.3) is 0 Å². The number of aliphatic hydroxyl groups is 1. The highest BCUT2D eigenvalue weighted by atomic mass is 35.5. The van der Waals surface area contributed by atoms with Gasteiger partial charge in [0.1, 0.15) is 0 Å². The van der Waals surface area contributed by atoms with Crippen LogP contribution in [0.5, 0.6) is 0 Å². The summed E-state index contributed by atoms with van der Waals surface area (Å²) in [5, 5.41) is 13.0. The molecule has 1 saturated carbocycles. The van der Waals surface area contributed by atoms with E-state index in [1.165, 1.54) is 5.56 Å². The average Bonchev–Trinajstić information content (AvgIpc) is 3.21. The van der Waals surface area contributed by atoms with Crippen LogP contribution in [-0.4, -0.2) is 35.2 Å². The molecule has 0 spiro atoms. The quantitative estimate of drug-likeness (QED) is 0.849. The summed E-state index contributed by atoms with van der Waals surface area (Å²) in [6.45, 7) is 2.02. The first kappa shape index (κ1) is 15.7. The molecule has 3 nitrogen and oxygen atoms in total. The summed E-state index contributed by atoms with van der Waals surface area (Å²) >= 11 is 7.44. The van der Waals surface area contributed by atoms with Crippen molar-refractivity contribution in [1.82, 2.24) is 5.32 Å². The molecule has 1 aliphatic rings. The Morgan fingerprint density at radius 3 is 2.70 bits per heavy atom. The first-order chi connectivity index (χ1) is 9.56. The maximum absolute atomic E-state index is 12.2. The van der Waals surface area contributed by atoms with Crippen LogP contribution in [-0.2, 0) is 4.79 Å². The molecule has 1 aromatic rings. The molecule has 0 heterocycles. The zero-order valence-electron chi connectivity index (χ0n) is 11.7. The topological polar surface area (TPSA) is 49.3 Å². The van der Waals surface area contributed by atoms with Gasteiger partial charge in [-0.1, -0.05) is 23.7 Å². The fraction of sp³-hybridized carbons (Fsp3) is 0.533. The Kier molecular flexibility index (Phi) is 5.35. The molecule has 1 amide bonds. The van der Waals surface area contributed by atoms with Crippen molar-refractivity contribution in [1.29, 1.82) is 0 Å². The second kappa shape index (κ2) is 6.83. The molecule has 2 rings (SSSR count). The van der Waals surface area contributed by atoms with Gasteiger partial charge in [-0.3, -0.25) is 4.79 Å². The van der Waals surface area contributed by atoms with Crippen LogP contribution in [0.1, 0.15) is 24.8 Å². The minimum absolute atomic E-state index is 0.0195. The summed E-state index contributed by atoms with van der Waals surface area (Å²) < 4.78 is 0. The van der Waals surface area contributed by atoms with Crippen LogP contribution in [0.15, 0.2) is 24.3 Å². The van der Waals surface area contributed by atoms with Gasteiger partial charge in [0, 0.05) is 22.2 Å². The van der Waals surface area contributed by atoms with Crippen molar-refractivity contribution < 1.29 is 9.90 Å². The van der Waals surface area contributed by atoms with Crippen LogP contribution in [0.4, 0.5) is 0 Å². The van der Waals surface area contributed by atoms with E-state index in [0.29, 0.717) is 5.92 Å². The Labute approximate surface area is 129 Å². The number of halogens is 1. The third-order valence-corrected chi connectivity index (χ3v) is 5.25. The van der Waals surface area contributed by atoms with Gasteiger partial charge in [0.2, 0.25) is 5.91 Å². The minimum atomic E-state index is -0.0195. The van der Waals surface area contributed by atoms with Gasteiger partial charge in [-0.05, 0) is 43.2 Å². The van der Waals surface area contributed by atoms with E-state index in [1.807, 2.05) is 37.4 Å². The Morgan fingerprint density at radius 1 is 1.50 bits per heavy atom. The second-order valence-corrected chi connectivity index (χ2v) is 6.77. The minimum Gasteiger partial charge on any atom is -0.395 e. The number of hydrogen-bond donors (Lipinski definition) is 2. The third kappa shape index (κ3) is 3.68. The van der Waals surface area contributed by atoms with E-state index in [1.54, 1.807) is 11.8 Å². The monoisotopic (exact) mass is 313 g/mol. The number of rotatable bonds is 6. The summed E-state index contributed by atoms with van der Waals surface area (Å²) in [5.41, 5.74) is 1.17. The van der Waals surface area contributed by atoms with E-state index in [0.717, 1.165) is 11.4 Å². The summed E-state index contributed by atoms with van der Waals surface area (Å²) in [7, 11) is 0. The number of hydrogen-bond acceptors (Lipinski definition) is 3. The van der Waals surface area contributed by atoms with E-state index in [2.05, 4.69) is 5.32 Å². The molecule has 4 unspecified atom stereocenters. The number of carbonyl (C=O) groups excluding carboxylic acids is 1. The lowest BCUT2D eigenvalue weighted by atomic mass is 10.1. The molecule has 1 aliphatic carbocycles. The molecule has 4 atom stereocenters. The van der Waals surface area contributed by atoms with Gasteiger partial charge < -0.3 is 10.4 Å². The van der Waals surface area contributed by atoms with Gasteiger partial charge in [0.05, 0.1) is 6.61 Å². The van der Waals surface area contributed by atoms with Crippen LogP contribution in [0.3, 0.4) is 0 Å². The fourth-order valence-corrected chi connectivity index (χ4v) is 3.18. The third-order valence-electron chi connectivity index (χ3n) is 3.84. The number of thioether (sulfide) groups is 1. The highest BCUT2D eigenvalue weighted by Crippen LogP contribution is 2.47. The zero-order chi connectivity index (χ0) is 14.7. The van der Waals surface area contributed by atoms with E-state index in [-0.39, 0.29) is 29.7 Å². The van der Waals surface area contributed by atoms with Crippen molar-refractivity contribution in [2.75, 3.05) is 12.9 Å². The molecule has 0 radical (unpaired) electrons. The van der Waals surface area contributed by atoms with E-state index in [9.17, 15) is 9.90 Å².